The van der Waals surface area contributed by atoms with E-state index in [1.807, 2.05) is 20.8 Å². The molecule has 41 heavy (non-hydrogen) atoms. The third-order valence-corrected chi connectivity index (χ3v) is 12.6. The summed E-state index contributed by atoms with van der Waals surface area (Å²) in [6.07, 6.45) is 4.94. The lowest BCUT2D eigenvalue weighted by atomic mass is 10.1. The maximum atomic E-state index is 14.7. The van der Waals surface area contributed by atoms with Gasteiger partial charge in [-0.15, -0.1) is 0 Å². The highest BCUT2D eigenvalue weighted by atomic mass is 28.4. The van der Waals surface area contributed by atoms with Crippen LogP contribution in [-0.4, -0.2) is 71.8 Å². The molecule has 1 aliphatic heterocycles. The molecule has 224 valence electrons. The molecule has 2 N–H and O–H groups in total. The minimum atomic E-state index is -1.87. The van der Waals surface area contributed by atoms with E-state index >= 15 is 0 Å². The summed E-state index contributed by atoms with van der Waals surface area (Å²) in [6.45, 7) is 19.5. The van der Waals surface area contributed by atoms with E-state index in [1.165, 1.54) is 12.1 Å². The second-order valence-corrected chi connectivity index (χ2v) is 18.2. The lowest BCUT2D eigenvalue weighted by Crippen LogP contribution is -2.47. The van der Waals surface area contributed by atoms with Crippen LogP contribution in [0.15, 0.2) is 36.7 Å². The number of aromatic nitrogens is 3. The lowest BCUT2D eigenvalue weighted by Gasteiger charge is -2.38. The Morgan fingerprint density at radius 1 is 1.17 bits per heavy atom. The Hall–Kier alpha value is -3.02. The number of likely N-dealkylation sites (tertiary alicyclic amines) is 1. The fourth-order valence-electron chi connectivity index (χ4n) is 4.69. The van der Waals surface area contributed by atoms with Crippen LogP contribution in [-0.2, 0) is 9.16 Å². The van der Waals surface area contributed by atoms with Crippen molar-refractivity contribution >= 4 is 31.6 Å². The first-order chi connectivity index (χ1) is 19.1. The number of anilines is 2. The zero-order valence-electron chi connectivity index (χ0n) is 25.7. The number of benzene rings is 1. The molecule has 3 aromatic rings. The van der Waals surface area contributed by atoms with Crippen molar-refractivity contribution in [1.82, 2.24) is 19.5 Å². The second-order valence-electron chi connectivity index (χ2n) is 13.4. The Morgan fingerprint density at radius 3 is 2.59 bits per heavy atom. The van der Waals surface area contributed by atoms with E-state index in [1.54, 1.807) is 33.9 Å². The fraction of sp³-hybridized carbons (Fsp3) is 0.567. The molecule has 2 aromatic heterocycles. The van der Waals surface area contributed by atoms with Crippen LogP contribution in [0.2, 0.25) is 18.1 Å². The zero-order valence-corrected chi connectivity index (χ0v) is 26.7. The van der Waals surface area contributed by atoms with Gasteiger partial charge in [0.25, 0.3) is 0 Å². The zero-order chi connectivity index (χ0) is 30.2. The highest BCUT2D eigenvalue weighted by Crippen LogP contribution is 2.37. The van der Waals surface area contributed by atoms with Gasteiger partial charge in [0.2, 0.25) is 0 Å². The van der Waals surface area contributed by atoms with Crippen molar-refractivity contribution in [2.45, 2.75) is 84.2 Å². The average molecular weight is 585 g/mol. The summed E-state index contributed by atoms with van der Waals surface area (Å²) in [5.74, 6) is -0.0172. The van der Waals surface area contributed by atoms with Gasteiger partial charge in [-0.25, -0.2) is 18.7 Å². The molecule has 1 aliphatic rings. The van der Waals surface area contributed by atoms with Crippen LogP contribution in [0.4, 0.5) is 20.7 Å². The van der Waals surface area contributed by atoms with E-state index < -0.39 is 25.8 Å². The number of nitrogen functional groups attached to an aromatic ring is 1. The van der Waals surface area contributed by atoms with Crippen molar-refractivity contribution in [3.05, 3.63) is 42.5 Å². The number of fused-ring (bicyclic) bond motifs is 1. The van der Waals surface area contributed by atoms with Gasteiger partial charge in [-0.2, -0.15) is 5.10 Å². The first-order valence-corrected chi connectivity index (χ1v) is 17.2. The molecule has 1 saturated heterocycles. The summed E-state index contributed by atoms with van der Waals surface area (Å²) in [4.78, 5) is 22.2. The minimum Gasteiger partial charge on any atom is -0.443 e. The molecule has 1 amide bonds. The lowest BCUT2D eigenvalue weighted by molar-refractivity contribution is 0.0573. The highest BCUT2D eigenvalue weighted by Gasteiger charge is 2.38. The molecule has 0 spiro atoms. The van der Waals surface area contributed by atoms with E-state index in [4.69, 9.17) is 19.9 Å². The van der Waals surface area contributed by atoms with E-state index in [0.717, 1.165) is 19.4 Å². The number of nitrogens with two attached hydrogens (primary N) is 1. The predicted molar refractivity (Wildman–Crippen MR) is 164 cm³/mol. The third kappa shape index (κ3) is 7.25. The summed E-state index contributed by atoms with van der Waals surface area (Å²) >= 11 is 0. The summed E-state index contributed by atoms with van der Waals surface area (Å²) in [6, 6.07) is 6.42. The Morgan fingerprint density at radius 2 is 1.90 bits per heavy atom. The predicted octanol–water partition coefficient (Wildman–Crippen LogP) is 6.35. The maximum Gasteiger partial charge on any atom is 0.416 e. The molecule has 0 bridgehead atoms. The normalized spacial score (nSPS) is 16.9. The monoisotopic (exact) mass is 584 g/mol. The summed E-state index contributed by atoms with van der Waals surface area (Å²) < 4.78 is 28.6. The average Bonchev–Trinajstić information content (AvgIpc) is 3.49. The molecule has 3 heterocycles. The van der Waals surface area contributed by atoms with Crippen molar-refractivity contribution in [3.8, 4) is 11.1 Å². The molecular weight excluding hydrogens is 539 g/mol. The van der Waals surface area contributed by atoms with Gasteiger partial charge in [-0.1, -0.05) is 20.8 Å². The summed E-state index contributed by atoms with van der Waals surface area (Å²) in [5.41, 5.74) is 6.90. The van der Waals surface area contributed by atoms with Gasteiger partial charge < -0.3 is 14.9 Å². The molecule has 4 rings (SSSR count). The number of carbonyl (C=O) groups is 1. The first kappa shape index (κ1) is 30.9. The van der Waals surface area contributed by atoms with Crippen LogP contribution in [0.25, 0.3) is 16.8 Å². The van der Waals surface area contributed by atoms with Crippen LogP contribution in [0.3, 0.4) is 0 Å². The maximum absolute atomic E-state index is 14.7. The molecule has 0 unspecified atom stereocenters. The van der Waals surface area contributed by atoms with Gasteiger partial charge >= 0.3 is 6.09 Å². The van der Waals surface area contributed by atoms with Gasteiger partial charge in [0.15, 0.2) is 14.0 Å². The Labute approximate surface area is 243 Å². The largest absolute Gasteiger partial charge is 0.443 e. The minimum absolute atomic E-state index is 0.148. The highest BCUT2D eigenvalue weighted by molar-refractivity contribution is 6.74. The number of rotatable bonds is 8. The van der Waals surface area contributed by atoms with E-state index in [9.17, 15) is 9.18 Å². The smallest absolute Gasteiger partial charge is 0.416 e. The SMILES string of the molecule is CC(C)(C)OC(=O)N(CCN1CCC[C@H]1CO[Si](C)(C)C(C)(C)C)c1ccn2ncc(-c3cc(N)ccc3F)c2n1. The molecule has 0 aliphatic carbocycles. The van der Waals surface area contributed by atoms with Gasteiger partial charge in [-0.05, 0) is 82.6 Å². The molecule has 0 saturated carbocycles. The fourth-order valence-corrected chi connectivity index (χ4v) is 5.74. The van der Waals surface area contributed by atoms with Crippen LogP contribution in [0.1, 0.15) is 54.4 Å². The number of ether oxygens (including phenoxy) is 1. The number of nitrogens with zero attached hydrogens (tertiary/aromatic N) is 5. The number of hydrogen-bond acceptors (Lipinski definition) is 7. The molecule has 1 atom stereocenters. The number of hydrogen-bond donors (Lipinski definition) is 1. The molecule has 11 heteroatoms. The van der Waals surface area contributed by atoms with Crippen molar-refractivity contribution in [2.75, 3.05) is 36.9 Å². The molecule has 0 radical (unpaired) electrons. The molecule has 1 aromatic carbocycles. The topological polar surface area (TPSA) is 98.2 Å². The van der Waals surface area contributed by atoms with Crippen molar-refractivity contribution in [2.24, 2.45) is 0 Å². The third-order valence-electron chi connectivity index (χ3n) is 8.08. The van der Waals surface area contributed by atoms with Gasteiger partial charge in [-0.3, -0.25) is 9.80 Å². The van der Waals surface area contributed by atoms with Gasteiger partial charge in [0.1, 0.15) is 17.2 Å². The Balaban J connectivity index is 1.59. The number of amides is 1. The molecular formula is C30H45FN6O3Si. The van der Waals surface area contributed by atoms with Gasteiger partial charge in [0, 0.05) is 48.7 Å². The van der Waals surface area contributed by atoms with Crippen molar-refractivity contribution in [1.29, 1.82) is 0 Å². The first-order valence-electron chi connectivity index (χ1n) is 14.3. The van der Waals surface area contributed by atoms with Crippen LogP contribution in [0.5, 0.6) is 0 Å². The van der Waals surface area contributed by atoms with Crippen LogP contribution in [0, 0.1) is 5.82 Å². The molecule has 1 fully saturated rings. The van der Waals surface area contributed by atoms with E-state index in [-0.39, 0.29) is 5.04 Å². The Bertz CT molecular complexity index is 1380. The number of carbonyl (C=O) groups excluding carboxylic acids is 1. The van der Waals surface area contributed by atoms with Crippen molar-refractivity contribution in [3.63, 3.8) is 0 Å². The van der Waals surface area contributed by atoms with Gasteiger partial charge in [0.05, 0.1) is 6.20 Å². The summed E-state index contributed by atoms with van der Waals surface area (Å²) in [7, 11) is -1.87. The molecule has 9 nitrogen and oxygen atoms in total. The summed E-state index contributed by atoms with van der Waals surface area (Å²) in [5, 5.41) is 4.49. The van der Waals surface area contributed by atoms with E-state index in [2.05, 4.69) is 43.9 Å². The van der Waals surface area contributed by atoms with Crippen LogP contribution < -0.4 is 10.6 Å². The number of halogens is 1. The van der Waals surface area contributed by atoms with E-state index in [0.29, 0.717) is 54.0 Å². The van der Waals surface area contributed by atoms with Crippen molar-refractivity contribution < 1.29 is 18.3 Å². The quantitative estimate of drug-likeness (QED) is 0.243. The van der Waals surface area contributed by atoms with Crippen LogP contribution >= 0.6 is 0 Å². The second kappa shape index (κ2) is 11.7. The Kier molecular flexibility index (Phi) is 8.82. The standard InChI is InChI=1S/C30H45FN6O3Si/c1-29(2,3)40-28(38)36(17-16-35-14-9-10-22(35)20-39-41(7,8)30(4,5)6)26-13-15-37-27(34-26)24(19-33-37)23-18-21(32)11-12-25(23)31/h11-13,15,18-19,22H,9-10,14,16-17,20,32H2,1-8H3/t22-/m0/s1.